The van der Waals surface area contributed by atoms with Gasteiger partial charge in [-0.3, -0.25) is 9.59 Å². The van der Waals surface area contributed by atoms with Crippen LogP contribution in [0.25, 0.3) is 0 Å². The molecule has 0 aromatic heterocycles. The van der Waals surface area contributed by atoms with E-state index in [9.17, 15) is 9.59 Å². The van der Waals surface area contributed by atoms with E-state index < -0.39 is 0 Å². The zero-order valence-corrected chi connectivity index (χ0v) is 11.4. The van der Waals surface area contributed by atoms with Crippen molar-refractivity contribution in [2.45, 2.75) is 47.1 Å². The molecule has 1 unspecified atom stereocenters. The zero-order chi connectivity index (χ0) is 13.1. The van der Waals surface area contributed by atoms with Gasteiger partial charge >= 0.3 is 0 Å². The summed E-state index contributed by atoms with van der Waals surface area (Å²) in [6.07, 6.45) is 1.25. The molecule has 0 aliphatic heterocycles. The van der Waals surface area contributed by atoms with Crippen molar-refractivity contribution in [2.75, 3.05) is 13.6 Å². The van der Waals surface area contributed by atoms with Gasteiger partial charge in [0.15, 0.2) is 5.78 Å². The summed E-state index contributed by atoms with van der Waals surface area (Å²) in [6, 6.07) is -0.360. The lowest BCUT2D eigenvalue weighted by atomic mass is 10.0. The summed E-state index contributed by atoms with van der Waals surface area (Å²) in [5.41, 5.74) is 0. The van der Waals surface area contributed by atoms with Gasteiger partial charge in [0.1, 0.15) is 0 Å². The number of Topliss-reactive ketones (excluding diaryl/α,β-unsaturated/α-hetero) is 1. The van der Waals surface area contributed by atoms with Crippen LogP contribution in [0, 0.1) is 5.92 Å². The molecule has 0 bridgehead atoms. The molecule has 0 radical (unpaired) electrons. The highest BCUT2D eigenvalue weighted by molar-refractivity contribution is 5.88. The Morgan fingerprint density at radius 2 is 1.62 bits per heavy atom. The number of ketones is 1. The fourth-order valence-corrected chi connectivity index (χ4v) is 1.12. The minimum Gasteiger partial charge on any atom is -0.345 e. The Morgan fingerprint density at radius 3 is 1.88 bits per heavy atom. The van der Waals surface area contributed by atoms with Crippen molar-refractivity contribution in [3.05, 3.63) is 0 Å². The Labute approximate surface area is 99.2 Å². The quantitative estimate of drug-likeness (QED) is 0.749. The van der Waals surface area contributed by atoms with Crippen molar-refractivity contribution in [1.82, 2.24) is 10.6 Å². The van der Waals surface area contributed by atoms with Crippen LogP contribution in [0.1, 0.15) is 41.0 Å². The van der Waals surface area contributed by atoms with Gasteiger partial charge in [-0.25, -0.2) is 0 Å². The van der Waals surface area contributed by atoms with E-state index in [1.165, 1.54) is 13.3 Å². The first-order chi connectivity index (χ1) is 7.40. The fourth-order valence-electron chi connectivity index (χ4n) is 1.12. The van der Waals surface area contributed by atoms with Gasteiger partial charge in [-0.15, -0.1) is 0 Å². The van der Waals surface area contributed by atoms with E-state index in [1.807, 2.05) is 13.8 Å². The summed E-state index contributed by atoms with van der Waals surface area (Å²) in [5, 5.41) is 5.39. The van der Waals surface area contributed by atoms with E-state index in [2.05, 4.69) is 24.5 Å². The molecule has 0 spiro atoms. The maximum Gasteiger partial charge on any atom is 0.234 e. The summed E-state index contributed by atoms with van der Waals surface area (Å²) >= 11 is 0. The fraction of sp³-hybridized carbons (Fsp3) is 0.833. The largest absolute Gasteiger partial charge is 0.345 e. The molecule has 1 atom stereocenters. The van der Waals surface area contributed by atoms with Gasteiger partial charge in [-0.05, 0) is 19.9 Å². The Kier molecular flexibility index (Phi) is 11.6. The SMILES string of the molecule is CCC.CNCC(=O)NC(C(C)=O)C(C)C. The second-order valence-corrected chi connectivity index (χ2v) is 4.14. The van der Waals surface area contributed by atoms with E-state index in [-0.39, 0.29) is 30.2 Å². The van der Waals surface area contributed by atoms with Crippen molar-refractivity contribution in [1.29, 1.82) is 0 Å². The lowest BCUT2D eigenvalue weighted by molar-refractivity contribution is -0.127. The molecule has 0 rings (SSSR count). The smallest absolute Gasteiger partial charge is 0.234 e. The average Bonchev–Trinajstić information content (AvgIpc) is 2.15. The van der Waals surface area contributed by atoms with Crippen LogP contribution in [-0.2, 0) is 9.59 Å². The van der Waals surface area contributed by atoms with Crippen LogP contribution < -0.4 is 10.6 Å². The summed E-state index contributed by atoms with van der Waals surface area (Å²) < 4.78 is 0. The molecule has 0 aromatic carbocycles. The first kappa shape index (κ1) is 17.5. The van der Waals surface area contributed by atoms with Gasteiger partial charge in [0.2, 0.25) is 5.91 Å². The molecular formula is C12H26N2O2. The average molecular weight is 230 g/mol. The maximum atomic E-state index is 11.1. The summed E-state index contributed by atoms with van der Waals surface area (Å²) in [4.78, 5) is 22.2. The molecule has 1 amide bonds. The molecule has 0 aromatic rings. The minimum absolute atomic E-state index is 0.000506. The number of hydrogen-bond acceptors (Lipinski definition) is 3. The van der Waals surface area contributed by atoms with Gasteiger partial charge in [0, 0.05) is 0 Å². The van der Waals surface area contributed by atoms with E-state index in [1.54, 1.807) is 7.05 Å². The molecule has 0 heterocycles. The van der Waals surface area contributed by atoms with Gasteiger partial charge < -0.3 is 10.6 Å². The van der Waals surface area contributed by atoms with Crippen molar-refractivity contribution in [2.24, 2.45) is 5.92 Å². The number of amides is 1. The Balaban J connectivity index is 0. The second kappa shape index (κ2) is 10.6. The highest BCUT2D eigenvalue weighted by atomic mass is 16.2. The third-order valence-electron chi connectivity index (χ3n) is 1.76. The number of carbonyl (C=O) groups is 2. The number of hydrogen-bond donors (Lipinski definition) is 2. The number of likely N-dealkylation sites (N-methyl/N-ethyl adjacent to an activating group) is 1. The standard InChI is InChI=1S/C9H18N2O2.C3H8/c1-6(2)9(7(3)12)11-8(13)5-10-4;1-3-2/h6,9-10H,5H2,1-4H3,(H,11,13);3H2,1-2H3. The first-order valence-electron chi connectivity index (χ1n) is 5.84. The van der Waals surface area contributed by atoms with Crippen molar-refractivity contribution in [3.8, 4) is 0 Å². The molecule has 0 aliphatic rings. The minimum atomic E-state index is -0.360. The van der Waals surface area contributed by atoms with Gasteiger partial charge in [0.05, 0.1) is 12.6 Å². The zero-order valence-electron chi connectivity index (χ0n) is 11.4. The highest BCUT2D eigenvalue weighted by Crippen LogP contribution is 2.01. The van der Waals surface area contributed by atoms with Crippen LogP contribution >= 0.6 is 0 Å². The van der Waals surface area contributed by atoms with Crippen molar-refractivity contribution >= 4 is 11.7 Å². The normalized spacial score (nSPS) is 11.4. The maximum absolute atomic E-state index is 11.1. The molecule has 0 aliphatic carbocycles. The van der Waals surface area contributed by atoms with Gasteiger partial charge in [-0.2, -0.15) is 0 Å². The van der Waals surface area contributed by atoms with E-state index in [0.717, 1.165) is 0 Å². The molecule has 96 valence electrons. The molecular weight excluding hydrogens is 204 g/mol. The molecule has 0 fully saturated rings. The molecule has 16 heavy (non-hydrogen) atoms. The van der Waals surface area contributed by atoms with Crippen molar-refractivity contribution in [3.63, 3.8) is 0 Å². The van der Waals surface area contributed by atoms with Crippen LogP contribution in [-0.4, -0.2) is 31.3 Å². The predicted octanol–water partition coefficient (Wildman–Crippen LogP) is 1.35. The predicted molar refractivity (Wildman–Crippen MR) is 67.3 cm³/mol. The van der Waals surface area contributed by atoms with Gasteiger partial charge in [-0.1, -0.05) is 34.1 Å². The molecule has 0 saturated heterocycles. The molecule has 0 saturated carbocycles. The number of rotatable bonds is 5. The summed E-state index contributed by atoms with van der Waals surface area (Å²) in [5.74, 6) is -0.00541. The third-order valence-corrected chi connectivity index (χ3v) is 1.76. The monoisotopic (exact) mass is 230 g/mol. The molecule has 2 N–H and O–H groups in total. The van der Waals surface area contributed by atoms with E-state index in [0.29, 0.717) is 0 Å². The topological polar surface area (TPSA) is 58.2 Å². The molecule has 4 heteroatoms. The molecule has 4 nitrogen and oxygen atoms in total. The van der Waals surface area contributed by atoms with Crippen LogP contribution in [0.3, 0.4) is 0 Å². The lowest BCUT2D eigenvalue weighted by Gasteiger charge is -2.19. The van der Waals surface area contributed by atoms with Gasteiger partial charge in [0.25, 0.3) is 0 Å². The summed E-state index contributed by atoms with van der Waals surface area (Å²) in [6.45, 7) is 9.80. The van der Waals surface area contributed by atoms with E-state index >= 15 is 0 Å². The van der Waals surface area contributed by atoms with Crippen LogP contribution in [0.2, 0.25) is 0 Å². The van der Waals surface area contributed by atoms with E-state index in [4.69, 9.17) is 0 Å². The summed E-state index contributed by atoms with van der Waals surface area (Å²) in [7, 11) is 1.69. The Morgan fingerprint density at radius 1 is 1.19 bits per heavy atom. The Hall–Kier alpha value is -0.900. The first-order valence-corrected chi connectivity index (χ1v) is 5.84. The lowest BCUT2D eigenvalue weighted by Crippen LogP contribution is -2.46. The van der Waals surface area contributed by atoms with Crippen LogP contribution in [0.5, 0.6) is 0 Å². The van der Waals surface area contributed by atoms with Crippen molar-refractivity contribution < 1.29 is 9.59 Å². The second-order valence-electron chi connectivity index (χ2n) is 4.14. The Bertz CT molecular complexity index is 203. The van der Waals surface area contributed by atoms with Crippen LogP contribution in [0.15, 0.2) is 0 Å². The highest BCUT2D eigenvalue weighted by Gasteiger charge is 2.19. The van der Waals surface area contributed by atoms with Crippen LogP contribution in [0.4, 0.5) is 0 Å². The number of carbonyl (C=O) groups excluding carboxylic acids is 2. The third kappa shape index (κ3) is 9.65. The number of nitrogens with one attached hydrogen (secondary N) is 2.